The molecule has 0 saturated heterocycles. The molecule has 72 heavy (non-hydrogen) atoms. The third-order valence-electron chi connectivity index (χ3n) is 14.1. The summed E-state index contributed by atoms with van der Waals surface area (Å²) in [4.78, 5) is 51.8. The van der Waals surface area contributed by atoms with Gasteiger partial charge in [-0.1, -0.05) is 156 Å². The largest absolute Gasteiger partial charge is 0.493 e. The fraction of sp³-hybridized carbons (Fsp3) is 0.562. The SMILES string of the molecule is CCCCCCCCOc1c2cc(C=O)cc1Cc1cc(C=O)cc(c1OCCCCCCCC)Cc1cc(C=O)cc(c1OCCCCCCCC)Cc1cc(C=O)cc(c1OCCCCCCCC)C2. The topological polar surface area (TPSA) is 105 Å². The molecule has 4 aromatic carbocycles. The number of ether oxygens (including phenoxy) is 4. The molecule has 0 N–H and O–H groups in total. The minimum atomic E-state index is 0.336. The second kappa shape index (κ2) is 33.5. The molecule has 8 heteroatoms. The van der Waals surface area contributed by atoms with Gasteiger partial charge < -0.3 is 18.9 Å². The van der Waals surface area contributed by atoms with Crippen molar-refractivity contribution in [2.75, 3.05) is 26.4 Å². The standard InChI is InChI=1S/C64H88O8/c1-5-9-13-17-21-25-29-69-61-53-33-49(45-65)34-54(61)42-56-36-51(47-67)38-58(63(56)71-31-27-23-19-15-11-7-3)44-60-40-52(48-68)39-59(64(60)72-32-28-24-20-16-12-8-4)43-57-37-50(46-66)35-55(41-53)62(57)70-30-26-22-18-14-10-6-2/h33-40,45-48H,5-32,41-44H2,1-4H3. The van der Waals surface area contributed by atoms with Crippen LogP contribution >= 0.6 is 0 Å². The summed E-state index contributed by atoms with van der Waals surface area (Å²) < 4.78 is 27.6. The molecular weight excluding hydrogens is 897 g/mol. The molecular formula is C64H88O8. The van der Waals surface area contributed by atoms with Crippen molar-refractivity contribution in [1.82, 2.24) is 0 Å². The molecule has 5 rings (SSSR count). The van der Waals surface area contributed by atoms with Gasteiger partial charge in [-0.05, 0) is 119 Å². The molecule has 0 heterocycles. The van der Waals surface area contributed by atoms with Crippen LogP contribution in [0.25, 0.3) is 0 Å². The van der Waals surface area contributed by atoms with Gasteiger partial charge in [-0.25, -0.2) is 0 Å². The molecule has 0 aromatic heterocycles. The molecule has 4 aromatic rings. The molecule has 1 aliphatic carbocycles. The second-order valence-electron chi connectivity index (χ2n) is 20.3. The molecule has 0 atom stereocenters. The predicted molar refractivity (Wildman–Crippen MR) is 294 cm³/mol. The Kier molecular flexibility index (Phi) is 26.8. The van der Waals surface area contributed by atoms with Gasteiger partial charge in [0.15, 0.2) is 0 Å². The van der Waals surface area contributed by atoms with Gasteiger partial charge in [0.1, 0.15) is 48.1 Å². The van der Waals surface area contributed by atoms with Crippen LogP contribution in [0.2, 0.25) is 0 Å². The van der Waals surface area contributed by atoms with Crippen molar-refractivity contribution >= 4 is 25.1 Å². The Morgan fingerprint density at radius 2 is 0.444 bits per heavy atom. The van der Waals surface area contributed by atoms with Crippen LogP contribution in [0.1, 0.15) is 268 Å². The maximum Gasteiger partial charge on any atom is 0.150 e. The molecule has 0 spiro atoms. The first-order valence-corrected chi connectivity index (χ1v) is 28.3. The summed E-state index contributed by atoms with van der Waals surface area (Å²) in [6.07, 6.45) is 31.6. The van der Waals surface area contributed by atoms with Gasteiger partial charge in [-0.3, -0.25) is 19.2 Å². The van der Waals surface area contributed by atoms with Crippen LogP contribution in [0.15, 0.2) is 48.5 Å². The van der Waals surface area contributed by atoms with Crippen LogP contribution < -0.4 is 18.9 Å². The van der Waals surface area contributed by atoms with Crippen molar-refractivity contribution in [3.05, 3.63) is 115 Å². The number of carbonyl (C=O) groups is 4. The lowest BCUT2D eigenvalue weighted by Gasteiger charge is -2.24. The molecule has 392 valence electrons. The van der Waals surface area contributed by atoms with E-state index in [0.29, 0.717) is 97.4 Å². The fourth-order valence-corrected chi connectivity index (χ4v) is 10.2. The average Bonchev–Trinajstić information content (AvgIpc) is 3.39. The maximum absolute atomic E-state index is 12.9. The Morgan fingerprint density at radius 1 is 0.278 bits per heavy atom. The third kappa shape index (κ3) is 18.7. The second-order valence-corrected chi connectivity index (χ2v) is 20.3. The maximum atomic E-state index is 12.9. The number of carbonyl (C=O) groups excluding carboxylic acids is 4. The van der Waals surface area contributed by atoms with E-state index in [1.54, 1.807) is 0 Å². The Balaban J connectivity index is 1.74. The van der Waals surface area contributed by atoms with E-state index < -0.39 is 0 Å². The van der Waals surface area contributed by atoms with E-state index in [9.17, 15) is 19.2 Å². The number of unbranched alkanes of at least 4 members (excludes halogenated alkanes) is 20. The average molecular weight is 985 g/mol. The van der Waals surface area contributed by atoms with Crippen molar-refractivity contribution in [3.8, 4) is 23.0 Å². The predicted octanol–water partition coefficient (Wildman–Crippen LogP) is 16.6. The lowest BCUT2D eigenvalue weighted by Crippen LogP contribution is -2.12. The van der Waals surface area contributed by atoms with Crippen LogP contribution in [0, 0.1) is 0 Å². The first-order chi connectivity index (χ1) is 35.4. The van der Waals surface area contributed by atoms with E-state index in [2.05, 4.69) is 27.7 Å². The molecule has 0 amide bonds. The van der Waals surface area contributed by atoms with Crippen LogP contribution in [-0.2, 0) is 25.7 Å². The highest BCUT2D eigenvalue weighted by atomic mass is 16.5. The van der Waals surface area contributed by atoms with Gasteiger partial charge in [0.2, 0.25) is 0 Å². The van der Waals surface area contributed by atoms with Crippen molar-refractivity contribution in [3.63, 3.8) is 0 Å². The number of hydrogen-bond donors (Lipinski definition) is 0. The number of benzene rings is 4. The molecule has 8 nitrogen and oxygen atoms in total. The summed E-state index contributed by atoms with van der Waals surface area (Å²) in [5, 5.41) is 0. The molecule has 0 fully saturated rings. The molecule has 0 aliphatic heterocycles. The molecule has 0 radical (unpaired) electrons. The van der Waals surface area contributed by atoms with Crippen LogP contribution in [0.3, 0.4) is 0 Å². The highest BCUT2D eigenvalue weighted by molar-refractivity contribution is 5.80. The van der Waals surface area contributed by atoms with Gasteiger partial charge in [0.05, 0.1) is 26.4 Å². The molecule has 0 saturated carbocycles. The Hall–Kier alpha value is -5.24. The third-order valence-corrected chi connectivity index (χ3v) is 14.1. The van der Waals surface area contributed by atoms with E-state index in [-0.39, 0.29) is 0 Å². The van der Waals surface area contributed by atoms with Gasteiger partial charge in [0, 0.05) is 47.9 Å². The summed E-state index contributed by atoms with van der Waals surface area (Å²) in [5.41, 5.74) is 8.61. The highest BCUT2D eigenvalue weighted by Crippen LogP contribution is 2.41. The summed E-state index contributed by atoms with van der Waals surface area (Å²) in [5.74, 6) is 2.80. The Labute approximate surface area is 433 Å². The highest BCUT2D eigenvalue weighted by Gasteiger charge is 2.25. The summed E-state index contributed by atoms with van der Waals surface area (Å²) in [7, 11) is 0. The number of rotatable bonds is 36. The smallest absolute Gasteiger partial charge is 0.150 e. The van der Waals surface area contributed by atoms with Gasteiger partial charge in [0.25, 0.3) is 0 Å². The number of aldehydes is 4. The van der Waals surface area contributed by atoms with E-state index in [4.69, 9.17) is 18.9 Å². The molecule has 1 aliphatic rings. The van der Waals surface area contributed by atoms with Crippen molar-refractivity contribution < 1.29 is 38.1 Å². The van der Waals surface area contributed by atoms with Crippen LogP contribution in [0.4, 0.5) is 0 Å². The summed E-state index contributed by atoms with van der Waals surface area (Å²) in [6.45, 7) is 10.9. The van der Waals surface area contributed by atoms with E-state index in [1.807, 2.05) is 48.5 Å². The summed E-state index contributed by atoms with van der Waals surface area (Å²) >= 11 is 0. The lowest BCUT2D eigenvalue weighted by atomic mass is 9.88. The number of fused-ring (bicyclic) bond motifs is 8. The van der Waals surface area contributed by atoms with E-state index in [0.717, 1.165) is 147 Å². The number of hydrogen-bond acceptors (Lipinski definition) is 8. The minimum Gasteiger partial charge on any atom is -0.493 e. The monoisotopic (exact) mass is 985 g/mol. The van der Waals surface area contributed by atoms with E-state index in [1.165, 1.54) is 77.0 Å². The van der Waals surface area contributed by atoms with Crippen LogP contribution in [0.5, 0.6) is 23.0 Å². The first kappa shape index (κ1) is 57.7. The quantitative estimate of drug-likeness (QED) is 0.0289. The zero-order chi connectivity index (χ0) is 51.2. The van der Waals surface area contributed by atoms with Gasteiger partial charge in [-0.2, -0.15) is 0 Å². The minimum absolute atomic E-state index is 0.336. The van der Waals surface area contributed by atoms with Crippen molar-refractivity contribution in [1.29, 1.82) is 0 Å². The Morgan fingerprint density at radius 3 is 0.611 bits per heavy atom. The van der Waals surface area contributed by atoms with Crippen molar-refractivity contribution in [2.45, 2.75) is 207 Å². The fourth-order valence-electron chi connectivity index (χ4n) is 10.2. The zero-order valence-electron chi connectivity index (χ0n) is 44.8. The molecule has 8 bridgehead atoms. The van der Waals surface area contributed by atoms with Gasteiger partial charge in [-0.15, -0.1) is 0 Å². The Bertz CT molecular complexity index is 1860. The molecule has 0 unspecified atom stereocenters. The first-order valence-electron chi connectivity index (χ1n) is 28.3. The normalized spacial score (nSPS) is 12.1. The summed E-state index contributed by atoms with van der Waals surface area (Å²) in [6, 6.07) is 15.3. The lowest BCUT2D eigenvalue weighted by molar-refractivity contribution is 0.111. The van der Waals surface area contributed by atoms with Crippen molar-refractivity contribution in [2.24, 2.45) is 0 Å². The van der Waals surface area contributed by atoms with Crippen LogP contribution in [-0.4, -0.2) is 51.6 Å². The van der Waals surface area contributed by atoms with Gasteiger partial charge >= 0.3 is 0 Å². The van der Waals surface area contributed by atoms with E-state index >= 15 is 0 Å². The zero-order valence-corrected chi connectivity index (χ0v) is 44.8.